The number of fused-ring (bicyclic) bond motifs is 1. The molecule has 0 aliphatic carbocycles. The van der Waals surface area contributed by atoms with Crippen molar-refractivity contribution >= 4 is 11.9 Å². The van der Waals surface area contributed by atoms with Crippen LogP contribution in [0, 0.1) is 5.92 Å². The Labute approximate surface area is 117 Å². The van der Waals surface area contributed by atoms with E-state index in [2.05, 4.69) is 5.32 Å². The van der Waals surface area contributed by atoms with Gasteiger partial charge in [-0.1, -0.05) is 24.3 Å². The number of carboxylic acids is 1. The molecule has 5 nitrogen and oxygen atoms in total. The molecule has 0 radical (unpaired) electrons. The zero-order valence-corrected chi connectivity index (χ0v) is 11.2. The van der Waals surface area contributed by atoms with E-state index >= 15 is 0 Å². The van der Waals surface area contributed by atoms with Gasteiger partial charge in [0.05, 0.1) is 5.92 Å². The summed E-state index contributed by atoms with van der Waals surface area (Å²) in [6, 6.07) is 7.03. The van der Waals surface area contributed by atoms with Gasteiger partial charge in [0.1, 0.15) is 6.04 Å². The summed E-state index contributed by atoms with van der Waals surface area (Å²) in [7, 11) is 0. The van der Waals surface area contributed by atoms with Crippen molar-refractivity contribution in [2.45, 2.75) is 25.4 Å². The van der Waals surface area contributed by atoms with Crippen LogP contribution in [0.5, 0.6) is 0 Å². The fourth-order valence-electron chi connectivity index (χ4n) is 3.08. The van der Waals surface area contributed by atoms with Gasteiger partial charge in [-0.2, -0.15) is 0 Å². The van der Waals surface area contributed by atoms with Gasteiger partial charge in [0.15, 0.2) is 0 Å². The highest BCUT2D eigenvalue weighted by atomic mass is 16.4. The number of aliphatic carboxylic acids is 1. The number of hydrogen-bond acceptors (Lipinski definition) is 3. The molecule has 0 aromatic heterocycles. The maximum Gasteiger partial charge on any atom is 0.326 e. The fourth-order valence-corrected chi connectivity index (χ4v) is 3.08. The van der Waals surface area contributed by atoms with E-state index in [9.17, 15) is 14.7 Å². The molecule has 2 aliphatic heterocycles. The van der Waals surface area contributed by atoms with Gasteiger partial charge in [0, 0.05) is 19.5 Å². The number of rotatable bonds is 2. The molecule has 20 heavy (non-hydrogen) atoms. The highest BCUT2D eigenvalue weighted by molar-refractivity contribution is 5.86. The summed E-state index contributed by atoms with van der Waals surface area (Å²) in [6.45, 7) is 1.89. The van der Waals surface area contributed by atoms with Crippen molar-refractivity contribution in [3.05, 3.63) is 35.4 Å². The standard InChI is InChI=1S/C15H18N2O3/c18-14(11-5-6-16-8-11)17-9-12-4-2-1-3-10(12)7-13(17)15(19)20/h1-4,11,13,16H,5-9H2,(H,19,20). The van der Waals surface area contributed by atoms with Crippen molar-refractivity contribution < 1.29 is 14.7 Å². The lowest BCUT2D eigenvalue weighted by Gasteiger charge is -2.35. The van der Waals surface area contributed by atoms with Crippen LogP contribution >= 0.6 is 0 Å². The number of carbonyl (C=O) groups excluding carboxylic acids is 1. The zero-order valence-electron chi connectivity index (χ0n) is 11.2. The van der Waals surface area contributed by atoms with Gasteiger partial charge >= 0.3 is 5.97 Å². The van der Waals surface area contributed by atoms with Gasteiger partial charge in [-0.15, -0.1) is 0 Å². The van der Waals surface area contributed by atoms with E-state index in [-0.39, 0.29) is 11.8 Å². The molecule has 1 aromatic rings. The molecule has 0 bridgehead atoms. The molecule has 1 amide bonds. The predicted molar refractivity (Wildman–Crippen MR) is 73.1 cm³/mol. The Morgan fingerprint density at radius 3 is 2.65 bits per heavy atom. The number of carbonyl (C=O) groups is 2. The summed E-state index contributed by atoms with van der Waals surface area (Å²) < 4.78 is 0. The minimum atomic E-state index is -0.918. The average Bonchev–Trinajstić information content (AvgIpc) is 2.99. The molecule has 1 saturated heterocycles. The maximum atomic E-state index is 12.5. The van der Waals surface area contributed by atoms with Gasteiger partial charge in [-0.05, 0) is 24.1 Å². The van der Waals surface area contributed by atoms with Crippen LogP contribution in [-0.2, 0) is 22.6 Å². The summed E-state index contributed by atoms with van der Waals surface area (Å²) in [5.41, 5.74) is 2.10. The number of amides is 1. The third-order valence-electron chi connectivity index (χ3n) is 4.23. The van der Waals surface area contributed by atoms with E-state index in [4.69, 9.17) is 0 Å². The van der Waals surface area contributed by atoms with Crippen LogP contribution in [0.3, 0.4) is 0 Å². The van der Waals surface area contributed by atoms with Crippen molar-refractivity contribution in [2.75, 3.05) is 13.1 Å². The van der Waals surface area contributed by atoms with E-state index in [1.54, 1.807) is 4.90 Å². The van der Waals surface area contributed by atoms with E-state index < -0.39 is 12.0 Å². The third-order valence-corrected chi connectivity index (χ3v) is 4.23. The first kappa shape index (κ1) is 13.1. The summed E-state index contributed by atoms with van der Waals surface area (Å²) in [6.07, 6.45) is 1.20. The van der Waals surface area contributed by atoms with Gasteiger partial charge in [-0.25, -0.2) is 4.79 Å². The SMILES string of the molecule is O=C(O)C1Cc2ccccc2CN1C(=O)C1CCNC1. The van der Waals surface area contributed by atoms with Crippen molar-refractivity contribution in [1.29, 1.82) is 0 Å². The number of hydrogen-bond donors (Lipinski definition) is 2. The van der Waals surface area contributed by atoms with E-state index in [1.165, 1.54) is 0 Å². The molecule has 2 aliphatic rings. The first-order valence-electron chi connectivity index (χ1n) is 6.97. The minimum Gasteiger partial charge on any atom is -0.480 e. The van der Waals surface area contributed by atoms with Crippen molar-refractivity contribution in [2.24, 2.45) is 5.92 Å². The molecule has 3 rings (SSSR count). The highest BCUT2D eigenvalue weighted by Gasteiger charge is 2.37. The van der Waals surface area contributed by atoms with E-state index in [0.29, 0.717) is 19.5 Å². The Hall–Kier alpha value is -1.88. The molecule has 0 spiro atoms. The Kier molecular flexibility index (Phi) is 3.44. The summed E-state index contributed by atoms with van der Waals surface area (Å²) in [5, 5.41) is 12.6. The predicted octanol–water partition coefficient (Wildman–Crippen LogP) is 0.634. The van der Waals surface area contributed by atoms with Crippen LogP contribution in [0.15, 0.2) is 24.3 Å². The average molecular weight is 274 g/mol. The van der Waals surface area contributed by atoms with Crippen LogP contribution in [0.1, 0.15) is 17.5 Å². The molecule has 2 unspecified atom stereocenters. The normalized spacial score (nSPS) is 25.3. The Bertz CT molecular complexity index is 538. The number of nitrogens with one attached hydrogen (secondary N) is 1. The van der Waals surface area contributed by atoms with Gasteiger partial charge in [0.25, 0.3) is 0 Å². The molecule has 5 heteroatoms. The lowest BCUT2D eigenvalue weighted by atomic mass is 9.92. The quantitative estimate of drug-likeness (QED) is 0.830. The fraction of sp³-hybridized carbons (Fsp3) is 0.467. The lowest BCUT2D eigenvalue weighted by Crippen LogP contribution is -2.50. The van der Waals surface area contributed by atoms with Crippen LogP contribution in [0.4, 0.5) is 0 Å². The smallest absolute Gasteiger partial charge is 0.326 e. The second-order valence-electron chi connectivity index (χ2n) is 5.48. The van der Waals surface area contributed by atoms with Gasteiger partial charge in [-0.3, -0.25) is 4.79 Å². The first-order valence-corrected chi connectivity index (χ1v) is 6.97. The summed E-state index contributed by atoms with van der Waals surface area (Å²) in [4.78, 5) is 25.6. The second-order valence-corrected chi connectivity index (χ2v) is 5.48. The molecule has 2 atom stereocenters. The lowest BCUT2D eigenvalue weighted by molar-refractivity contribution is -0.153. The Morgan fingerprint density at radius 1 is 1.25 bits per heavy atom. The summed E-state index contributed by atoms with van der Waals surface area (Å²) >= 11 is 0. The second kappa shape index (κ2) is 5.25. The maximum absolute atomic E-state index is 12.5. The van der Waals surface area contributed by atoms with Crippen LogP contribution in [-0.4, -0.2) is 41.0 Å². The molecule has 1 fully saturated rings. The van der Waals surface area contributed by atoms with Crippen LogP contribution < -0.4 is 5.32 Å². The van der Waals surface area contributed by atoms with Crippen LogP contribution in [0.25, 0.3) is 0 Å². The third kappa shape index (κ3) is 2.29. The minimum absolute atomic E-state index is 0.0306. The largest absolute Gasteiger partial charge is 0.480 e. The molecular formula is C15H18N2O3. The molecule has 0 saturated carbocycles. The number of nitrogens with zero attached hydrogens (tertiary/aromatic N) is 1. The Morgan fingerprint density at radius 2 is 2.00 bits per heavy atom. The Balaban J connectivity index is 1.88. The van der Waals surface area contributed by atoms with E-state index in [0.717, 1.165) is 24.1 Å². The van der Waals surface area contributed by atoms with Gasteiger partial charge in [0.2, 0.25) is 5.91 Å². The molecular weight excluding hydrogens is 256 g/mol. The molecule has 2 heterocycles. The number of carboxylic acid groups (broad SMARTS) is 1. The van der Waals surface area contributed by atoms with Crippen molar-refractivity contribution in [3.63, 3.8) is 0 Å². The van der Waals surface area contributed by atoms with Crippen molar-refractivity contribution in [1.82, 2.24) is 10.2 Å². The van der Waals surface area contributed by atoms with Crippen molar-refractivity contribution in [3.8, 4) is 0 Å². The number of benzene rings is 1. The zero-order chi connectivity index (χ0) is 14.1. The van der Waals surface area contributed by atoms with Crippen LogP contribution in [0.2, 0.25) is 0 Å². The summed E-state index contributed by atoms with van der Waals surface area (Å²) in [5.74, 6) is -1.03. The van der Waals surface area contributed by atoms with E-state index in [1.807, 2.05) is 24.3 Å². The molecule has 2 N–H and O–H groups in total. The monoisotopic (exact) mass is 274 g/mol. The van der Waals surface area contributed by atoms with Gasteiger partial charge < -0.3 is 15.3 Å². The molecule has 106 valence electrons. The first-order chi connectivity index (χ1) is 9.66. The highest BCUT2D eigenvalue weighted by Crippen LogP contribution is 2.26. The molecule has 1 aromatic carbocycles. The topological polar surface area (TPSA) is 69.6 Å².